The summed E-state index contributed by atoms with van der Waals surface area (Å²) in [7, 11) is 0. The van der Waals surface area contributed by atoms with Crippen LogP contribution in [0.2, 0.25) is 0 Å². The van der Waals surface area contributed by atoms with E-state index < -0.39 is 5.97 Å². The van der Waals surface area contributed by atoms with Gasteiger partial charge in [-0.1, -0.05) is 20.3 Å². The van der Waals surface area contributed by atoms with Crippen molar-refractivity contribution in [2.75, 3.05) is 0 Å². The molecule has 4 heteroatoms. The van der Waals surface area contributed by atoms with Crippen molar-refractivity contribution in [2.24, 2.45) is 0 Å². The average Bonchev–Trinajstić information content (AvgIpc) is 2.57. The largest absolute Gasteiger partial charge is 0.475 e. The van der Waals surface area contributed by atoms with E-state index in [1.807, 2.05) is 6.92 Å². The number of nitrogens with zero attached hydrogens (tertiary/aromatic N) is 1. The second-order valence-electron chi connectivity index (χ2n) is 3.15. The maximum Gasteiger partial charge on any atom is 0.373 e. The smallest absolute Gasteiger partial charge is 0.373 e. The summed E-state index contributed by atoms with van der Waals surface area (Å²) in [5.74, 6) is -0.489. The third-order valence-electron chi connectivity index (χ3n) is 2.01. The number of carbonyl (C=O) groups is 1. The molecular formula is C10H15NO3. The predicted molar refractivity (Wildman–Crippen MR) is 51.5 cm³/mol. The van der Waals surface area contributed by atoms with Gasteiger partial charge in [0.25, 0.3) is 0 Å². The number of unbranched alkanes of at least 4 members (excludes halogenated alkanes) is 1. The highest BCUT2D eigenvalue weighted by Gasteiger charge is 2.17. The lowest BCUT2D eigenvalue weighted by Crippen LogP contribution is -1.98. The molecular weight excluding hydrogens is 182 g/mol. The summed E-state index contributed by atoms with van der Waals surface area (Å²) in [6.07, 6.45) is 3.34. The zero-order valence-corrected chi connectivity index (χ0v) is 8.54. The lowest BCUT2D eigenvalue weighted by molar-refractivity contribution is 0.0658. The zero-order valence-electron chi connectivity index (χ0n) is 8.54. The molecule has 4 nitrogen and oxygen atoms in total. The van der Waals surface area contributed by atoms with Crippen LogP contribution in [0.15, 0.2) is 4.42 Å². The summed E-state index contributed by atoms with van der Waals surface area (Å²) in [6.45, 7) is 3.94. The van der Waals surface area contributed by atoms with Crippen LogP contribution >= 0.6 is 0 Å². The molecule has 0 saturated heterocycles. The fourth-order valence-electron chi connectivity index (χ4n) is 1.24. The molecule has 0 amide bonds. The first-order valence-corrected chi connectivity index (χ1v) is 4.90. The van der Waals surface area contributed by atoms with Crippen LogP contribution in [0.5, 0.6) is 0 Å². The molecule has 1 N–H and O–H groups in total. The Morgan fingerprint density at radius 1 is 1.50 bits per heavy atom. The SMILES string of the molecule is CCCCc1nc(CC)c(C(=O)O)o1. The van der Waals surface area contributed by atoms with Gasteiger partial charge in [0.2, 0.25) is 5.76 Å². The number of aromatic nitrogens is 1. The third kappa shape index (κ3) is 2.34. The van der Waals surface area contributed by atoms with Crippen LogP contribution in [0.3, 0.4) is 0 Å². The van der Waals surface area contributed by atoms with E-state index in [0.29, 0.717) is 18.0 Å². The molecule has 1 rings (SSSR count). The standard InChI is InChI=1S/C10H15NO3/c1-3-5-6-8-11-7(4-2)9(14-8)10(12)13/h3-6H2,1-2H3,(H,12,13). The molecule has 14 heavy (non-hydrogen) atoms. The maximum absolute atomic E-state index is 10.7. The molecule has 0 spiro atoms. The molecule has 0 unspecified atom stereocenters. The summed E-state index contributed by atoms with van der Waals surface area (Å²) in [5, 5.41) is 8.80. The van der Waals surface area contributed by atoms with E-state index in [0.717, 1.165) is 19.3 Å². The van der Waals surface area contributed by atoms with Gasteiger partial charge < -0.3 is 9.52 Å². The molecule has 0 bridgehead atoms. The van der Waals surface area contributed by atoms with Crippen molar-refractivity contribution in [1.29, 1.82) is 0 Å². The van der Waals surface area contributed by atoms with Gasteiger partial charge in [-0.15, -0.1) is 0 Å². The molecule has 0 atom stereocenters. The highest BCUT2D eigenvalue weighted by atomic mass is 16.4. The van der Waals surface area contributed by atoms with E-state index in [1.54, 1.807) is 0 Å². The number of oxazole rings is 1. The summed E-state index contributed by atoms with van der Waals surface area (Å²) >= 11 is 0. The maximum atomic E-state index is 10.7. The second-order valence-corrected chi connectivity index (χ2v) is 3.15. The van der Waals surface area contributed by atoms with Gasteiger partial charge in [0.1, 0.15) is 0 Å². The first-order valence-electron chi connectivity index (χ1n) is 4.90. The van der Waals surface area contributed by atoms with Crippen molar-refractivity contribution >= 4 is 5.97 Å². The van der Waals surface area contributed by atoms with Gasteiger partial charge >= 0.3 is 5.97 Å². The predicted octanol–water partition coefficient (Wildman–Crippen LogP) is 2.28. The molecule has 0 aliphatic heterocycles. The minimum absolute atomic E-state index is 0.00129. The van der Waals surface area contributed by atoms with Crippen LogP contribution in [0, 0.1) is 0 Å². The zero-order chi connectivity index (χ0) is 10.6. The van der Waals surface area contributed by atoms with Gasteiger partial charge in [0, 0.05) is 6.42 Å². The topological polar surface area (TPSA) is 63.3 Å². The Hall–Kier alpha value is -1.32. The Morgan fingerprint density at radius 3 is 2.64 bits per heavy atom. The van der Waals surface area contributed by atoms with Crippen molar-refractivity contribution in [2.45, 2.75) is 39.5 Å². The number of carboxylic acid groups (broad SMARTS) is 1. The van der Waals surface area contributed by atoms with Crippen LogP contribution in [-0.4, -0.2) is 16.1 Å². The molecule has 1 aromatic rings. The Kier molecular flexibility index (Phi) is 3.68. The molecule has 0 saturated carbocycles. The van der Waals surface area contributed by atoms with Crippen LogP contribution in [0.4, 0.5) is 0 Å². The van der Waals surface area contributed by atoms with Gasteiger partial charge in [-0.3, -0.25) is 0 Å². The molecule has 1 aromatic heterocycles. The van der Waals surface area contributed by atoms with Crippen LogP contribution in [0.1, 0.15) is 48.8 Å². The van der Waals surface area contributed by atoms with Crippen molar-refractivity contribution in [1.82, 2.24) is 4.98 Å². The monoisotopic (exact) mass is 197 g/mol. The molecule has 0 aliphatic rings. The van der Waals surface area contributed by atoms with E-state index in [2.05, 4.69) is 11.9 Å². The summed E-state index contributed by atoms with van der Waals surface area (Å²) < 4.78 is 5.16. The molecule has 1 heterocycles. The van der Waals surface area contributed by atoms with Crippen molar-refractivity contribution in [3.8, 4) is 0 Å². The van der Waals surface area contributed by atoms with Crippen molar-refractivity contribution < 1.29 is 14.3 Å². The molecule has 0 aromatic carbocycles. The number of hydrogen-bond donors (Lipinski definition) is 1. The van der Waals surface area contributed by atoms with E-state index in [4.69, 9.17) is 9.52 Å². The number of aryl methyl sites for hydroxylation is 2. The van der Waals surface area contributed by atoms with E-state index in [1.165, 1.54) is 0 Å². The van der Waals surface area contributed by atoms with Gasteiger partial charge in [-0.05, 0) is 12.8 Å². The van der Waals surface area contributed by atoms with Crippen LogP contribution < -0.4 is 0 Å². The van der Waals surface area contributed by atoms with Crippen LogP contribution in [0.25, 0.3) is 0 Å². The normalized spacial score (nSPS) is 10.4. The number of carboxylic acids is 1. The first kappa shape index (κ1) is 10.8. The average molecular weight is 197 g/mol. The summed E-state index contributed by atoms with van der Waals surface area (Å²) in [5.41, 5.74) is 0.545. The lowest BCUT2D eigenvalue weighted by Gasteiger charge is -1.90. The lowest BCUT2D eigenvalue weighted by atomic mass is 10.2. The van der Waals surface area contributed by atoms with E-state index in [-0.39, 0.29) is 5.76 Å². The number of aromatic carboxylic acids is 1. The van der Waals surface area contributed by atoms with Crippen molar-refractivity contribution in [3.05, 3.63) is 17.3 Å². The minimum Gasteiger partial charge on any atom is -0.475 e. The van der Waals surface area contributed by atoms with E-state index >= 15 is 0 Å². The quantitative estimate of drug-likeness (QED) is 0.786. The highest BCUT2D eigenvalue weighted by molar-refractivity contribution is 5.85. The molecule has 0 aliphatic carbocycles. The number of rotatable bonds is 5. The molecule has 0 fully saturated rings. The molecule has 78 valence electrons. The summed E-state index contributed by atoms with van der Waals surface area (Å²) in [6, 6.07) is 0. The fraction of sp³-hybridized carbons (Fsp3) is 0.600. The van der Waals surface area contributed by atoms with Crippen molar-refractivity contribution in [3.63, 3.8) is 0 Å². The molecule has 0 radical (unpaired) electrons. The van der Waals surface area contributed by atoms with Gasteiger partial charge in [0.15, 0.2) is 5.89 Å². The minimum atomic E-state index is -1.03. The number of hydrogen-bond acceptors (Lipinski definition) is 3. The fourth-order valence-corrected chi connectivity index (χ4v) is 1.24. The highest BCUT2D eigenvalue weighted by Crippen LogP contribution is 2.13. The van der Waals surface area contributed by atoms with Gasteiger partial charge in [-0.25, -0.2) is 9.78 Å². The third-order valence-corrected chi connectivity index (χ3v) is 2.01. The summed E-state index contributed by atoms with van der Waals surface area (Å²) in [4.78, 5) is 14.9. The van der Waals surface area contributed by atoms with Gasteiger partial charge in [0.05, 0.1) is 5.69 Å². The Labute approximate surface area is 83.0 Å². The van der Waals surface area contributed by atoms with E-state index in [9.17, 15) is 4.79 Å². The van der Waals surface area contributed by atoms with Crippen LogP contribution in [-0.2, 0) is 12.8 Å². The Balaban J connectivity index is 2.83. The Morgan fingerprint density at radius 2 is 2.21 bits per heavy atom. The Bertz CT molecular complexity index is 317. The second kappa shape index (κ2) is 4.79. The van der Waals surface area contributed by atoms with Gasteiger partial charge in [-0.2, -0.15) is 0 Å². The first-order chi connectivity index (χ1) is 6.69.